The van der Waals surface area contributed by atoms with Crippen LogP contribution in [0.2, 0.25) is 0 Å². The molecule has 0 aromatic heterocycles. The Morgan fingerprint density at radius 2 is 1.87 bits per heavy atom. The number of hydrogen-bond acceptors (Lipinski definition) is 4. The molecule has 166 valence electrons. The molecule has 0 spiro atoms. The van der Waals surface area contributed by atoms with E-state index in [1.54, 1.807) is 0 Å². The van der Waals surface area contributed by atoms with Gasteiger partial charge in [-0.25, -0.2) is 0 Å². The normalized spacial score (nSPS) is 25.2. The Bertz CT molecular complexity index is 648. The number of thioether (sulfide) groups is 1. The smallest absolute Gasteiger partial charge is 0.303 e. The predicted octanol–water partition coefficient (Wildman–Crippen LogP) is 5.96. The number of hydrogen-bond donors (Lipinski definition) is 1. The van der Waals surface area contributed by atoms with Crippen LogP contribution in [0, 0.1) is 11.8 Å². The van der Waals surface area contributed by atoms with Gasteiger partial charge in [-0.05, 0) is 74.7 Å². The fourth-order valence-electron chi connectivity index (χ4n) is 4.76. The fraction of sp³-hybridized carbons (Fsp3) is 0.640. The Labute approximate surface area is 185 Å². The lowest BCUT2D eigenvalue weighted by molar-refractivity contribution is -0.137. The molecule has 5 heteroatoms. The number of para-hydroxylation sites is 1. The summed E-state index contributed by atoms with van der Waals surface area (Å²) < 4.78 is 12.0. The van der Waals surface area contributed by atoms with Crippen LogP contribution < -0.4 is 4.74 Å². The third-order valence-corrected chi connectivity index (χ3v) is 7.28. The van der Waals surface area contributed by atoms with E-state index < -0.39 is 5.97 Å². The van der Waals surface area contributed by atoms with E-state index in [2.05, 4.69) is 12.2 Å². The van der Waals surface area contributed by atoms with Crippen LogP contribution in [0.4, 0.5) is 0 Å². The molecular weight excluding hydrogens is 396 g/mol. The lowest BCUT2D eigenvalue weighted by Crippen LogP contribution is -2.26. The second-order valence-electron chi connectivity index (χ2n) is 8.38. The number of benzene rings is 1. The van der Waals surface area contributed by atoms with Gasteiger partial charge in [0.2, 0.25) is 0 Å². The second kappa shape index (κ2) is 13.1. The number of rotatable bonds is 15. The first-order valence-corrected chi connectivity index (χ1v) is 12.7. The first kappa shape index (κ1) is 23.2. The number of aliphatic carboxylic acids is 1. The average molecular weight is 433 g/mol. The van der Waals surface area contributed by atoms with E-state index in [-0.39, 0.29) is 6.42 Å². The molecule has 2 heterocycles. The maximum atomic E-state index is 10.6. The van der Waals surface area contributed by atoms with Gasteiger partial charge in [0, 0.05) is 12.2 Å². The van der Waals surface area contributed by atoms with Crippen molar-refractivity contribution >= 4 is 17.7 Å². The van der Waals surface area contributed by atoms with E-state index in [9.17, 15) is 4.79 Å². The third kappa shape index (κ3) is 7.66. The molecule has 0 radical (unpaired) electrons. The van der Waals surface area contributed by atoms with E-state index in [1.807, 2.05) is 42.1 Å². The summed E-state index contributed by atoms with van der Waals surface area (Å²) in [6, 6.07) is 10.0. The number of unbranched alkanes of at least 4 members (excludes halogenated alkanes) is 2. The zero-order chi connectivity index (χ0) is 21.0. The summed E-state index contributed by atoms with van der Waals surface area (Å²) in [5.41, 5.74) is 0. The fourth-order valence-corrected chi connectivity index (χ4v) is 5.57. The van der Waals surface area contributed by atoms with Gasteiger partial charge < -0.3 is 14.6 Å². The lowest BCUT2D eigenvalue weighted by Gasteiger charge is -2.27. The highest BCUT2D eigenvalue weighted by atomic mass is 32.2. The molecule has 2 fully saturated rings. The molecule has 0 amide bonds. The van der Waals surface area contributed by atoms with Gasteiger partial charge in [0.1, 0.15) is 5.75 Å². The number of carboxylic acid groups (broad SMARTS) is 1. The van der Waals surface area contributed by atoms with Crippen LogP contribution in [0.25, 0.3) is 0 Å². The Kier molecular flexibility index (Phi) is 10.1. The Morgan fingerprint density at radius 3 is 2.67 bits per heavy atom. The molecule has 3 rings (SSSR count). The topological polar surface area (TPSA) is 55.8 Å². The van der Waals surface area contributed by atoms with Crippen molar-refractivity contribution in [1.29, 1.82) is 0 Å². The molecule has 0 aliphatic carbocycles. The second-order valence-corrected chi connectivity index (χ2v) is 9.61. The predicted molar refractivity (Wildman–Crippen MR) is 123 cm³/mol. The molecule has 30 heavy (non-hydrogen) atoms. The molecule has 2 aliphatic heterocycles. The van der Waals surface area contributed by atoms with E-state index >= 15 is 0 Å². The van der Waals surface area contributed by atoms with Crippen molar-refractivity contribution in [3.63, 3.8) is 0 Å². The molecule has 4 atom stereocenters. The molecule has 1 N–H and O–H groups in total. The van der Waals surface area contributed by atoms with Crippen LogP contribution in [0.5, 0.6) is 5.75 Å². The summed E-state index contributed by atoms with van der Waals surface area (Å²) in [5, 5.41) is 8.71. The molecule has 0 saturated carbocycles. The number of fused-ring (bicyclic) bond motifs is 2. The van der Waals surface area contributed by atoms with Crippen molar-refractivity contribution in [3.8, 4) is 5.75 Å². The Morgan fingerprint density at radius 1 is 1.07 bits per heavy atom. The van der Waals surface area contributed by atoms with Crippen molar-refractivity contribution in [1.82, 2.24) is 0 Å². The molecule has 1 aromatic carbocycles. The molecule has 2 saturated heterocycles. The maximum Gasteiger partial charge on any atom is 0.303 e. The van der Waals surface area contributed by atoms with Gasteiger partial charge in [-0.2, -0.15) is 11.8 Å². The van der Waals surface area contributed by atoms with E-state index in [4.69, 9.17) is 14.6 Å². The minimum absolute atomic E-state index is 0.264. The van der Waals surface area contributed by atoms with Crippen molar-refractivity contribution in [2.24, 2.45) is 11.8 Å². The number of allylic oxidation sites excluding steroid dienone is 2. The average Bonchev–Trinajstić information content (AvgIpc) is 3.35. The zero-order valence-corrected chi connectivity index (χ0v) is 18.7. The summed E-state index contributed by atoms with van der Waals surface area (Å²) >= 11 is 1.99. The van der Waals surface area contributed by atoms with Gasteiger partial charge >= 0.3 is 5.97 Å². The standard InChI is InChI=1S/C25H36O4S/c26-25(27)14-7-2-1-6-12-21-22(24-16-15-23(21)29-24)13-8-9-18-30-19-17-28-20-10-4-3-5-11-20/h1,3-6,10-11,21-24H,2,7-9,12-19H2,(H,26,27)/b6-1-/t21-,22+,23-,24+/m1/s1. The minimum Gasteiger partial charge on any atom is -0.493 e. The molecule has 2 aliphatic rings. The SMILES string of the molecule is O=C(O)CCC/C=C\C[C@@H]1[C@H](CCCCSCCOc2ccccc2)[C@@H]2CC[C@H]1O2. The molecule has 2 bridgehead atoms. The third-order valence-electron chi connectivity index (χ3n) is 6.24. The van der Waals surface area contributed by atoms with Crippen LogP contribution in [0.3, 0.4) is 0 Å². The number of carbonyl (C=O) groups is 1. The summed E-state index contributed by atoms with van der Waals surface area (Å²) in [6.07, 6.45) is 14.6. The van der Waals surface area contributed by atoms with Crippen molar-refractivity contribution in [3.05, 3.63) is 42.5 Å². The number of carboxylic acids is 1. The molecular formula is C25H36O4S. The van der Waals surface area contributed by atoms with Gasteiger partial charge in [0.25, 0.3) is 0 Å². The lowest BCUT2D eigenvalue weighted by atomic mass is 9.75. The van der Waals surface area contributed by atoms with Crippen molar-refractivity contribution in [2.75, 3.05) is 18.1 Å². The van der Waals surface area contributed by atoms with E-state index in [1.165, 1.54) is 37.9 Å². The maximum absolute atomic E-state index is 10.6. The highest BCUT2D eigenvalue weighted by molar-refractivity contribution is 7.99. The van der Waals surface area contributed by atoms with Crippen LogP contribution in [0.15, 0.2) is 42.5 Å². The first-order valence-electron chi connectivity index (χ1n) is 11.5. The number of ether oxygens (including phenoxy) is 2. The summed E-state index contributed by atoms with van der Waals surface area (Å²) in [7, 11) is 0. The zero-order valence-electron chi connectivity index (χ0n) is 17.9. The van der Waals surface area contributed by atoms with Crippen LogP contribution in [-0.4, -0.2) is 41.4 Å². The van der Waals surface area contributed by atoms with Gasteiger partial charge in [-0.15, -0.1) is 0 Å². The summed E-state index contributed by atoms with van der Waals surface area (Å²) in [5.74, 6) is 3.86. The van der Waals surface area contributed by atoms with Crippen molar-refractivity contribution in [2.45, 2.75) is 70.0 Å². The highest BCUT2D eigenvalue weighted by Gasteiger charge is 2.47. The van der Waals surface area contributed by atoms with Crippen LogP contribution in [0.1, 0.15) is 57.8 Å². The minimum atomic E-state index is -0.702. The van der Waals surface area contributed by atoms with Gasteiger partial charge in [-0.3, -0.25) is 4.79 Å². The largest absolute Gasteiger partial charge is 0.493 e. The Hall–Kier alpha value is -1.46. The summed E-state index contributed by atoms with van der Waals surface area (Å²) in [6.45, 7) is 0.774. The van der Waals surface area contributed by atoms with Crippen LogP contribution in [-0.2, 0) is 9.53 Å². The van der Waals surface area contributed by atoms with E-state index in [0.29, 0.717) is 24.0 Å². The quantitative estimate of drug-likeness (QED) is 0.274. The van der Waals surface area contributed by atoms with Gasteiger partial charge in [-0.1, -0.05) is 36.8 Å². The molecule has 0 unspecified atom stereocenters. The monoisotopic (exact) mass is 432 g/mol. The Balaban J connectivity index is 1.25. The first-order chi connectivity index (χ1) is 14.7. The summed E-state index contributed by atoms with van der Waals surface area (Å²) in [4.78, 5) is 10.6. The van der Waals surface area contributed by atoms with E-state index in [0.717, 1.165) is 37.4 Å². The highest BCUT2D eigenvalue weighted by Crippen LogP contribution is 2.47. The van der Waals surface area contributed by atoms with Crippen LogP contribution >= 0.6 is 11.8 Å². The van der Waals surface area contributed by atoms with Crippen molar-refractivity contribution < 1.29 is 19.4 Å². The molecule has 1 aromatic rings. The van der Waals surface area contributed by atoms with Gasteiger partial charge in [0.05, 0.1) is 18.8 Å². The molecule has 4 nitrogen and oxygen atoms in total. The van der Waals surface area contributed by atoms with Gasteiger partial charge in [0.15, 0.2) is 0 Å².